The van der Waals surface area contributed by atoms with Gasteiger partial charge < -0.3 is 19.9 Å². The molecule has 2 rings (SSSR count). The maximum atomic E-state index is 5.47. The number of hydrogen-bond donors (Lipinski definition) is 2. The highest BCUT2D eigenvalue weighted by molar-refractivity contribution is 5.79. The Morgan fingerprint density at radius 2 is 1.93 bits per heavy atom. The van der Waals surface area contributed by atoms with Crippen LogP contribution in [-0.4, -0.2) is 36.3 Å². The lowest BCUT2D eigenvalue weighted by Gasteiger charge is -2.19. The van der Waals surface area contributed by atoms with E-state index in [0.29, 0.717) is 30.8 Å². The molecule has 0 radical (unpaired) electrons. The van der Waals surface area contributed by atoms with Gasteiger partial charge in [-0.1, -0.05) is 50.2 Å². The molecular formula is C21H33N5O2. The quantitative estimate of drug-likeness (QED) is 0.534. The number of hydrogen-bond acceptors (Lipinski definition) is 5. The molecule has 0 bridgehead atoms. The van der Waals surface area contributed by atoms with Crippen molar-refractivity contribution >= 4 is 5.96 Å². The van der Waals surface area contributed by atoms with Crippen molar-refractivity contribution in [1.29, 1.82) is 0 Å². The van der Waals surface area contributed by atoms with Crippen LogP contribution in [0.2, 0.25) is 0 Å². The maximum absolute atomic E-state index is 5.47. The van der Waals surface area contributed by atoms with Crippen molar-refractivity contribution in [3.05, 3.63) is 47.1 Å². The first-order valence-corrected chi connectivity index (χ1v) is 9.81. The van der Waals surface area contributed by atoms with E-state index in [0.717, 1.165) is 13.0 Å². The molecule has 7 heteroatoms. The molecule has 1 atom stereocenters. The van der Waals surface area contributed by atoms with E-state index in [1.54, 1.807) is 7.05 Å². The molecule has 7 nitrogen and oxygen atoms in total. The van der Waals surface area contributed by atoms with Crippen molar-refractivity contribution in [2.45, 2.75) is 59.1 Å². The van der Waals surface area contributed by atoms with E-state index in [1.807, 2.05) is 13.8 Å². The van der Waals surface area contributed by atoms with Gasteiger partial charge in [0.2, 0.25) is 5.89 Å². The van der Waals surface area contributed by atoms with Gasteiger partial charge in [-0.3, -0.25) is 4.99 Å². The summed E-state index contributed by atoms with van der Waals surface area (Å²) >= 11 is 0. The molecule has 2 aromatic rings. The fourth-order valence-electron chi connectivity index (χ4n) is 2.71. The molecule has 1 aromatic carbocycles. The van der Waals surface area contributed by atoms with Gasteiger partial charge in [0.25, 0.3) is 0 Å². The fourth-order valence-corrected chi connectivity index (χ4v) is 2.71. The first-order valence-electron chi connectivity index (χ1n) is 9.81. The SMILES string of the molecule is CCOC(C)c1noc(CNC(=NC)NCCc2ccc(C(C)(C)C)cc2)n1. The summed E-state index contributed by atoms with van der Waals surface area (Å²) in [7, 11) is 1.74. The lowest BCUT2D eigenvalue weighted by atomic mass is 9.86. The molecule has 1 aromatic heterocycles. The van der Waals surface area contributed by atoms with Gasteiger partial charge in [0.05, 0.1) is 6.54 Å². The van der Waals surface area contributed by atoms with Gasteiger partial charge >= 0.3 is 0 Å². The predicted octanol–water partition coefficient (Wildman–Crippen LogP) is 3.37. The average molecular weight is 388 g/mol. The molecule has 0 saturated heterocycles. The first-order chi connectivity index (χ1) is 13.3. The Labute approximate surface area is 168 Å². The molecular weight excluding hydrogens is 354 g/mol. The van der Waals surface area contributed by atoms with Crippen LogP contribution in [0.15, 0.2) is 33.8 Å². The first kappa shape index (κ1) is 21.9. The third kappa shape index (κ3) is 6.64. The van der Waals surface area contributed by atoms with E-state index in [9.17, 15) is 0 Å². The van der Waals surface area contributed by atoms with Gasteiger partial charge in [0, 0.05) is 20.2 Å². The van der Waals surface area contributed by atoms with Crippen LogP contribution in [0.5, 0.6) is 0 Å². The van der Waals surface area contributed by atoms with E-state index in [4.69, 9.17) is 9.26 Å². The Kier molecular flexibility index (Phi) is 7.99. The van der Waals surface area contributed by atoms with Gasteiger partial charge in [-0.15, -0.1) is 0 Å². The Bertz CT molecular complexity index is 747. The molecule has 154 valence electrons. The van der Waals surface area contributed by atoms with Crippen LogP contribution in [0, 0.1) is 0 Å². The second-order valence-corrected chi connectivity index (χ2v) is 7.69. The Morgan fingerprint density at radius 1 is 1.21 bits per heavy atom. The van der Waals surface area contributed by atoms with Gasteiger partial charge in [-0.2, -0.15) is 4.98 Å². The molecule has 0 amide bonds. The molecule has 1 heterocycles. The van der Waals surface area contributed by atoms with Crippen molar-refractivity contribution in [2.75, 3.05) is 20.2 Å². The number of aromatic nitrogens is 2. The van der Waals surface area contributed by atoms with Crippen LogP contribution in [0.3, 0.4) is 0 Å². The van der Waals surface area contributed by atoms with Gasteiger partial charge in [-0.25, -0.2) is 0 Å². The van der Waals surface area contributed by atoms with Crippen LogP contribution in [0.25, 0.3) is 0 Å². The zero-order valence-corrected chi connectivity index (χ0v) is 17.9. The van der Waals surface area contributed by atoms with Crippen LogP contribution < -0.4 is 10.6 Å². The number of nitrogens with one attached hydrogen (secondary N) is 2. The predicted molar refractivity (Wildman–Crippen MR) is 111 cm³/mol. The van der Waals surface area contributed by atoms with Crippen molar-refractivity contribution < 1.29 is 9.26 Å². The monoisotopic (exact) mass is 387 g/mol. The number of ether oxygens (including phenoxy) is 1. The smallest absolute Gasteiger partial charge is 0.246 e. The Hall–Kier alpha value is -2.41. The summed E-state index contributed by atoms with van der Waals surface area (Å²) in [6, 6.07) is 8.80. The molecule has 0 saturated carbocycles. The highest BCUT2D eigenvalue weighted by atomic mass is 16.5. The van der Waals surface area contributed by atoms with E-state index in [2.05, 4.69) is 70.8 Å². The highest BCUT2D eigenvalue weighted by Gasteiger charge is 2.14. The van der Waals surface area contributed by atoms with Gasteiger partial charge in [-0.05, 0) is 36.8 Å². The van der Waals surface area contributed by atoms with Crippen LogP contribution in [0.4, 0.5) is 0 Å². The summed E-state index contributed by atoms with van der Waals surface area (Å²) in [5.74, 6) is 1.76. The largest absolute Gasteiger partial charge is 0.371 e. The lowest BCUT2D eigenvalue weighted by molar-refractivity contribution is 0.0683. The minimum absolute atomic E-state index is 0.176. The van der Waals surface area contributed by atoms with Crippen molar-refractivity contribution in [2.24, 2.45) is 4.99 Å². The summed E-state index contributed by atoms with van der Waals surface area (Å²) in [6.45, 7) is 12.3. The van der Waals surface area contributed by atoms with Gasteiger partial charge in [0.1, 0.15) is 6.10 Å². The molecule has 0 aliphatic rings. The van der Waals surface area contributed by atoms with Crippen molar-refractivity contribution in [3.8, 4) is 0 Å². The maximum Gasteiger partial charge on any atom is 0.246 e. The molecule has 0 spiro atoms. The number of rotatable bonds is 8. The van der Waals surface area contributed by atoms with Crippen molar-refractivity contribution in [3.63, 3.8) is 0 Å². The van der Waals surface area contributed by atoms with E-state index in [-0.39, 0.29) is 11.5 Å². The number of aliphatic imine (C=N–C) groups is 1. The van der Waals surface area contributed by atoms with E-state index < -0.39 is 0 Å². The second kappa shape index (κ2) is 10.2. The zero-order chi connectivity index (χ0) is 20.6. The summed E-state index contributed by atoms with van der Waals surface area (Å²) < 4.78 is 10.7. The summed E-state index contributed by atoms with van der Waals surface area (Å²) in [4.78, 5) is 8.57. The average Bonchev–Trinajstić information content (AvgIpc) is 3.13. The molecule has 0 aliphatic carbocycles. The molecule has 0 aliphatic heterocycles. The lowest BCUT2D eigenvalue weighted by Crippen LogP contribution is -2.37. The zero-order valence-electron chi connectivity index (χ0n) is 17.9. The molecule has 28 heavy (non-hydrogen) atoms. The van der Waals surface area contributed by atoms with E-state index in [1.165, 1.54) is 11.1 Å². The topological polar surface area (TPSA) is 84.6 Å². The minimum Gasteiger partial charge on any atom is -0.371 e. The normalized spacial score (nSPS) is 13.4. The number of nitrogens with zero attached hydrogens (tertiary/aromatic N) is 3. The van der Waals surface area contributed by atoms with Gasteiger partial charge in [0.15, 0.2) is 11.8 Å². The standard InChI is InChI=1S/C21H33N5O2/c1-7-27-15(2)19-25-18(28-26-19)14-24-20(22-6)23-13-12-16-8-10-17(11-9-16)21(3,4)5/h8-11,15H,7,12-14H2,1-6H3,(H2,22,23,24). The second-order valence-electron chi connectivity index (χ2n) is 7.69. The van der Waals surface area contributed by atoms with Crippen LogP contribution in [-0.2, 0) is 23.1 Å². The third-order valence-electron chi connectivity index (χ3n) is 4.42. The summed E-state index contributed by atoms with van der Waals surface area (Å²) in [6.07, 6.45) is 0.742. The van der Waals surface area contributed by atoms with E-state index >= 15 is 0 Å². The fraction of sp³-hybridized carbons (Fsp3) is 0.571. The highest BCUT2D eigenvalue weighted by Crippen LogP contribution is 2.22. The van der Waals surface area contributed by atoms with Crippen LogP contribution in [0.1, 0.15) is 63.6 Å². The minimum atomic E-state index is -0.176. The number of benzene rings is 1. The Balaban J connectivity index is 1.77. The molecule has 2 N–H and O–H groups in total. The van der Waals surface area contributed by atoms with Crippen LogP contribution >= 0.6 is 0 Å². The van der Waals surface area contributed by atoms with Crippen molar-refractivity contribution in [1.82, 2.24) is 20.8 Å². The number of guanidine groups is 1. The summed E-state index contributed by atoms with van der Waals surface area (Å²) in [5, 5.41) is 10.4. The Morgan fingerprint density at radius 3 is 2.54 bits per heavy atom. The molecule has 0 fully saturated rings. The molecule has 1 unspecified atom stereocenters. The third-order valence-corrected chi connectivity index (χ3v) is 4.42. The summed E-state index contributed by atoms with van der Waals surface area (Å²) in [5.41, 5.74) is 2.82.